The van der Waals surface area contributed by atoms with Gasteiger partial charge >= 0.3 is 0 Å². The summed E-state index contributed by atoms with van der Waals surface area (Å²) >= 11 is 0. The molecule has 2 aromatic rings. The summed E-state index contributed by atoms with van der Waals surface area (Å²) in [6.07, 6.45) is 3.03. The van der Waals surface area contributed by atoms with Crippen LogP contribution in [0, 0.1) is 17.6 Å². The number of hydrogen-bond donors (Lipinski definition) is 2. The highest BCUT2D eigenvalue weighted by molar-refractivity contribution is 5.99. The zero-order valence-corrected chi connectivity index (χ0v) is 16.3. The van der Waals surface area contributed by atoms with Crippen LogP contribution in [0.5, 0.6) is 5.75 Å². The zero-order valence-electron chi connectivity index (χ0n) is 16.3. The number of benzene rings is 1. The van der Waals surface area contributed by atoms with Gasteiger partial charge in [-0.25, -0.2) is 8.78 Å². The fourth-order valence-corrected chi connectivity index (χ4v) is 4.13. The van der Waals surface area contributed by atoms with Crippen molar-refractivity contribution in [2.75, 3.05) is 6.54 Å². The van der Waals surface area contributed by atoms with Gasteiger partial charge in [0.25, 0.3) is 11.8 Å². The molecule has 3 heterocycles. The minimum absolute atomic E-state index is 0.0502. The Bertz CT molecular complexity index is 1100. The van der Waals surface area contributed by atoms with E-state index in [0.717, 1.165) is 18.9 Å². The molecule has 1 saturated heterocycles. The average molecular weight is 417 g/mol. The molecule has 0 spiro atoms. The van der Waals surface area contributed by atoms with Crippen molar-refractivity contribution in [2.24, 2.45) is 5.92 Å². The first-order valence-electron chi connectivity index (χ1n) is 9.75. The number of piperidine rings is 1. The lowest BCUT2D eigenvalue weighted by atomic mass is 9.92. The number of halogens is 2. The van der Waals surface area contributed by atoms with Crippen LogP contribution in [0.3, 0.4) is 0 Å². The van der Waals surface area contributed by atoms with Crippen molar-refractivity contribution in [1.29, 1.82) is 0 Å². The van der Waals surface area contributed by atoms with E-state index in [1.54, 1.807) is 4.90 Å². The molecule has 4 rings (SSSR count). The van der Waals surface area contributed by atoms with E-state index < -0.39 is 34.6 Å². The topological polar surface area (TPSA) is 91.6 Å². The van der Waals surface area contributed by atoms with Crippen LogP contribution in [-0.4, -0.2) is 39.0 Å². The van der Waals surface area contributed by atoms with Gasteiger partial charge in [-0.1, -0.05) is 13.0 Å². The summed E-state index contributed by atoms with van der Waals surface area (Å²) in [5.74, 6) is -3.23. The van der Waals surface area contributed by atoms with Gasteiger partial charge in [-0.05, 0) is 24.8 Å². The lowest BCUT2D eigenvalue weighted by Crippen LogP contribution is -2.53. The summed E-state index contributed by atoms with van der Waals surface area (Å²) in [5.41, 5.74) is -1.37. The van der Waals surface area contributed by atoms with Gasteiger partial charge in [0.1, 0.15) is 17.2 Å². The van der Waals surface area contributed by atoms with Crippen LogP contribution >= 0.6 is 0 Å². The third-order valence-corrected chi connectivity index (χ3v) is 5.77. The highest BCUT2D eigenvalue weighted by Gasteiger charge is 2.38. The molecule has 0 saturated carbocycles. The van der Waals surface area contributed by atoms with E-state index in [0.29, 0.717) is 25.1 Å². The fourth-order valence-electron chi connectivity index (χ4n) is 4.13. The van der Waals surface area contributed by atoms with Crippen molar-refractivity contribution in [2.45, 2.75) is 38.9 Å². The van der Waals surface area contributed by atoms with Crippen LogP contribution in [0.4, 0.5) is 8.78 Å². The summed E-state index contributed by atoms with van der Waals surface area (Å²) in [6.45, 7) is 2.71. The number of hydrogen-bond acceptors (Lipinski definition) is 4. The molecule has 1 aromatic carbocycles. The van der Waals surface area contributed by atoms with Crippen molar-refractivity contribution < 1.29 is 23.5 Å². The van der Waals surface area contributed by atoms with Gasteiger partial charge in [-0.15, -0.1) is 0 Å². The second kappa shape index (κ2) is 7.55. The van der Waals surface area contributed by atoms with Crippen molar-refractivity contribution in [3.05, 3.63) is 63.1 Å². The fraction of sp³-hybridized carbons (Fsp3) is 0.381. The number of rotatable bonds is 3. The summed E-state index contributed by atoms with van der Waals surface area (Å²) in [6, 6.07) is 2.89. The number of carbonyl (C=O) groups excluding carboxylic acids is 2. The number of aromatic nitrogens is 1. The molecule has 2 atom stereocenters. The molecule has 2 aliphatic rings. The average Bonchev–Trinajstić information content (AvgIpc) is 2.70. The molecule has 1 fully saturated rings. The maximum atomic E-state index is 13.8. The van der Waals surface area contributed by atoms with Gasteiger partial charge in [0.2, 0.25) is 5.43 Å². The van der Waals surface area contributed by atoms with Crippen molar-refractivity contribution in [1.82, 2.24) is 14.8 Å². The predicted molar refractivity (Wildman–Crippen MR) is 103 cm³/mol. The van der Waals surface area contributed by atoms with E-state index in [4.69, 9.17) is 0 Å². The van der Waals surface area contributed by atoms with Crippen molar-refractivity contribution >= 4 is 11.8 Å². The Kier molecular flexibility index (Phi) is 5.05. The Morgan fingerprint density at radius 1 is 1.23 bits per heavy atom. The van der Waals surface area contributed by atoms with Gasteiger partial charge in [-0.2, -0.15) is 0 Å². The summed E-state index contributed by atoms with van der Waals surface area (Å²) in [7, 11) is 0. The largest absolute Gasteiger partial charge is 0.503 e. The van der Waals surface area contributed by atoms with Crippen molar-refractivity contribution in [3.8, 4) is 5.75 Å². The Hall–Kier alpha value is -3.23. The number of amides is 2. The number of fused-ring (bicyclic) bond motifs is 2. The molecular formula is C21H21F2N3O4. The van der Waals surface area contributed by atoms with E-state index in [9.17, 15) is 28.3 Å². The van der Waals surface area contributed by atoms with Gasteiger partial charge < -0.3 is 19.9 Å². The monoisotopic (exact) mass is 417 g/mol. The molecule has 30 heavy (non-hydrogen) atoms. The Morgan fingerprint density at radius 2 is 2.00 bits per heavy atom. The van der Waals surface area contributed by atoms with Crippen LogP contribution in [0.15, 0.2) is 29.2 Å². The molecule has 2 aliphatic heterocycles. The molecule has 9 heteroatoms. The molecule has 0 bridgehead atoms. The van der Waals surface area contributed by atoms with Gasteiger partial charge in [0, 0.05) is 43.5 Å². The Balaban J connectivity index is 1.61. The highest BCUT2D eigenvalue weighted by atomic mass is 19.1. The Morgan fingerprint density at radius 3 is 2.73 bits per heavy atom. The third kappa shape index (κ3) is 3.44. The maximum absolute atomic E-state index is 13.8. The minimum atomic E-state index is -0.963. The number of carbonyl (C=O) groups is 2. The number of nitrogens with zero attached hydrogens (tertiary/aromatic N) is 2. The predicted octanol–water partition coefficient (Wildman–Crippen LogP) is 2.02. The first-order chi connectivity index (χ1) is 14.3. The van der Waals surface area contributed by atoms with Crippen LogP contribution in [0.1, 0.15) is 46.2 Å². The molecule has 7 nitrogen and oxygen atoms in total. The molecule has 0 radical (unpaired) electrons. The lowest BCUT2D eigenvalue weighted by Gasteiger charge is -2.43. The van der Waals surface area contributed by atoms with E-state index in [1.165, 1.54) is 16.8 Å². The van der Waals surface area contributed by atoms with E-state index in [1.807, 2.05) is 6.92 Å². The minimum Gasteiger partial charge on any atom is -0.503 e. The number of aromatic hydroxyl groups is 1. The van der Waals surface area contributed by atoms with E-state index in [2.05, 4.69) is 5.32 Å². The number of pyridine rings is 1. The summed E-state index contributed by atoms with van der Waals surface area (Å²) in [5, 5.41) is 12.8. The zero-order chi connectivity index (χ0) is 21.6. The lowest BCUT2D eigenvalue weighted by molar-refractivity contribution is 0.0429. The van der Waals surface area contributed by atoms with Gasteiger partial charge in [0.05, 0.1) is 0 Å². The standard InChI is InChI=1S/C21H21F2N3O4/c1-11-2-5-14-9-25-10-15(18(27)19(28)17(25)21(30)26(14)8-11)20(29)24-7-12-3-4-13(22)6-16(12)23/h3-4,6,10-11,14,28H,2,5,7-9H2,1H3,(H,24,29). The summed E-state index contributed by atoms with van der Waals surface area (Å²) < 4.78 is 28.2. The van der Waals surface area contributed by atoms with Crippen LogP contribution in [-0.2, 0) is 13.1 Å². The molecular weight excluding hydrogens is 396 g/mol. The first kappa shape index (κ1) is 20.1. The molecule has 2 N–H and O–H groups in total. The smallest absolute Gasteiger partial charge is 0.274 e. The SMILES string of the molecule is CC1CCC2Cn3cc(C(=O)NCc4ccc(F)cc4F)c(=O)c(O)c3C(=O)N2C1. The normalized spacial score (nSPS) is 20.5. The van der Waals surface area contributed by atoms with Crippen LogP contribution < -0.4 is 10.7 Å². The summed E-state index contributed by atoms with van der Waals surface area (Å²) in [4.78, 5) is 39.6. The van der Waals surface area contributed by atoms with Crippen LogP contribution in [0.25, 0.3) is 0 Å². The van der Waals surface area contributed by atoms with Gasteiger partial charge in [0.15, 0.2) is 11.4 Å². The third-order valence-electron chi connectivity index (χ3n) is 5.77. The molecule has 158 valence electrons. The number of nitrogens with one attached hydrogen (secondary N) is 1. The van der Waals surface area contributed by atoms with Crippen LogP contribution in [0.2, 0.25) is 0 Å². The molecule has 0 aliphatic carbocycles. The van der Waals surface area contributed by atoms with E-state index >= 15 is 0 Å². The second-order valence-corrected chi connectivity index (χ2v) is 7.93. The highest BCUT2D eigenvalue weighted by Crippen LogP contribution is 2.30. The molecule has 2 unspecified atom stereocenters. The van der Waals surface area contributed by atoms with Gasteiger partial charge in [-0.3, -0.25) is 14.4 Å². The molecule has 1 aromatic heterocycles. The first-order valence-corrected chi connectivity index (χ1v) is 9.75. The Labute approximate surface area is 170 Å². The molecule has 2 amide bonds. The quantitative estimate of drug-likeness (QED) is 0.799. The second-order valence-electron chi connectivity index (χ2n) is 7.93. The maximum Gasteiger partial charge on any atom is 0.274 e. The van der Waals surface area contributed by atoms with E-state index in [-0.39, 0.29) is 29.4 Å². The van der Waals surface area contributed by atoms with Crippen molar-refractivity contribution in [3.63, 3.8) is 0 Å².